The van der Waals surface area contributed by atoms with Gasteiger partial charge in [0.05, 0.1) is 6.10 Å². The quantitative estimate of drug-likeness (QED) is 0.550. The Kier molecular flexibility index (Phi) is 1.71. The second kappa shape index (κ2) is 2.61. The van der Waals surface area contributed by atoms with Crippen molar-refractivity contribution in [1.82, 2.24) is 0 Å². The molecule has 2 nitrogen and oxygen atoms in total. The van der Waals surface area contributed by atoms with E-state index in [4.69, 9.17) is 4.74 Å². The molecule has 0 saturated carbocycles. The van der Waals surface area contributed by atoms with Gasteiger partial charge >= 0.3 is 0 Å². The fourth-order valence-electron chi connectivity index (χ4n) is 2.02. The van der Waals surface area contributed by atoms with E-state index in [0.717, 1.165) is 12.8 Å². The van der Waals surface area contributed by atoms with Gasteiger partial charge in [-0.05, 0) is 31.3 Å². The molecule has 0 bridgehead atoms. The molecule has 2 aliphatic rings. The Morgan fingerprint density at radius 3 is 2.92 bits per heavy atom. The van der Waals surface area contributed by atoms with Gasteiger partial charge in [0.2, 0.25) is 0 Å². The zero-order valence-electron chi connectivity index (χ0n) is 7.59. The maximum absolute atomic E-state index is 11.4. The first-order valence-electron chi connectivity index (χ1n) is 4.61. The lowest BCUT2D eigenvalue weighted by atomic mass is 9.97. The number of ketones is 1. The molecule has 1 heterocycles. The lowest BCUT2D eigenvalue weighted by Crippen LogP contribution is -2.16. The van der Waals surface area contributed by atoms with Crippen LogP contribution in [0.2, 0.25) is 0 Å². The van der Waals surface area contributed by atoms with E-state index in [1.54, 1.807) is 0 Å². The summed E-state index contributed by atoms with van der Waals surface area (Å²) in [5.74, 6) is 1.34. The molecular formula is C10H14O2. The summed E-state index contributed by atoms with van der Waals surface area (Å²) in [6, 6.07) is 0. The number of Topliss-reactive ketones (excluding diaryl/α,β-unsaturated/α-hetero) is 1. The van der Waals surface area contributed by atoms with Crippen molar-refractivity contribution in [2.75, 3.05) is 0 Å². The number of carbonyl (C=O) groups is 1. The first-order valence-corrected chi connectivity index (χ1v) is 4.61. The van der Waals surface area contributed by atoms with Crippen LogP contribution in [0.4, 0.5) is 0 Å². The molecule has 0 amide bonds. The fourth-order valence-corrected chi connectivity index (χ4v) is 2.02. The highest BCUT2D eigenvalue weighted by atomic mass is 16.5. The SMILES string of the molecule is C[C@@H]1CCC2=C(O1)C(=O)C[C@H]2C. The van der Waals surface area contributed by atoms with E-state index in [-0.39, 0.29) is 11.9 Å². The molecule has 2 heteroatoms. The molecule has 0 unspecified atom stereocenters. The van der Waals surface area contributed by atoms with Crippen molar-refractivity contribution in [3.63, 3.8) is 0 Å². The van der Waals surface area contributed by atoms with Crippen LogP contribution in [0.1, 0.15) is 33.1 Å². The monoisotopic (exact) mass is 166 g/mol. The van der Waals surface area contributed by atoms with Gasteiger partial charge in [0.25, 0.3) is 0 Å². The summed E-state index contributed by atoms with van der Waals surface area (Å²) in [7, 11) is 0. The summed E-state index contributed by atoms with van der Waals surface area (Å²) in [6.45, 7) is 4.14. The van der Waals surface area contributed by atoms with Gasteiger partial charge in [0.15, 0.2) is 11.5 Å². The van der Waals surface area contributed by atoms with Crippen molar-refractivity contribution in [3.05, 3.63) is 11.3 Å². The highest BCUT2D eigenvalue weighted by Crippen LogP contribution is 2.37. The lowest BCUT2D eigenvalue weighted by Gasteiger charge is -2.22. The first kappa shape index (κ1) is 7.84. The number of allylic oxidation sites excluding steroid dienone is 2. The molecule has 0 saturated heterocycles. The van der Waals surface area contributed by atoms with E-state index in [9.17, 15) is 4.79 Å². The van der Waals surface area contributed by atoms with Gasteiger partial charge in [0, 0.05) is 6.42 Å². The predicted octanol–water partition coefficient (Wildman–Crippen LogP) is 2.05. The van der Waals surface area contributed by atoms with E-state index in [2.05, 4.69) is 6.92 Å². The molecule has 2 atom stereocenters. The molecule has 0 N–H and O–H groups in total. The third kappa shape index (κ3) is 1.06. The summed E-state index contributed by atoms with van der Waals surface area (Å²) in [5.41, 5.74) is 1.26. The Bertz CT molecular complexity index is 253. The van der Waals surface area contributed by atoms with Crippen molar-refractivity contribution < 1.29 is 9.53 Å². The van der Waals surface area contributed by atoms with Crippen LogP contribution >= 0.6 is 0 Å². The third-order valence-corrected chi connectivity index (χ3v) is 2.77. The number of hydrogen-bond donors (Lipinski definition) is 0. The van der Waals surface area contributed by atoms with E-state index >= 15 is 0 Å². The van der Waals surface area contributed by atoms with E-state index in [0.29, 0.717) is 18.1 Å². The minimum absolute atomic E-state index is 0.212. The molecule has 0 aromatic rings. The number of carbonyl (C=O) groups excluding carboxylic acids is 1. The van der Waals surface area contributed by atoms with Crippen LogP contribution in [-0.4, -0.2) is 11.9 Å². The Morgan fingerprint density at radius 2 is 2.17 bits per heavy atom. The Balaban J connectivity index is 2.29. The molecule has 0 fully saturated rings. The standard InChI is InChI=1S/C10H14O2/c1-6-5-9(11)10-8(6)4-3-7(2)12-10/h6-7H,3-5H2,1-2H3/t6-,7-/m1/s1. The number of rotatable bonds is 0. The zero-order valence-corrected chi connectivity index (χ0v) is 7.59. The number of hydrogen-bond acceptors (Lipinski definition) is 2. The van der Waals surface area contributed by atoms with Crippen molar-refractivity contribution in [2.45, 2.75) is 39.2 Å². The van der Waals surface area contributed by atoms with Crippen LogP contribution in [0.25, 0.3) is 0 Å². The number of ether oxygens (including phenoxy) is 1. The van der Waals surface area contributed by atoms with Gasteiger partial charge in [-0.1, -0.05) is 6.92 Å². The Hall–Kier alpha value is -0.790. The van der Waals surface area contributed by atoms with Crippen LogP contribution in [0, 0.1) is 5.92 Å². The fraction of sp³-hybridized carbons (Fsp3) is 0.700. The molecule has 0 radical (unpaired) electrons. The molecule has 2 rings (SSSR count). The van der Waals surface area contributed by atoms with E-state index in [1.165, 1.54) is 5.57 Å². The van der Waals surface area contributed by atoms with Gasteiger partial charge in [0.1, 0.15) is 0 Å². The smallest absolute Gasteiger partial charge is 0.197 e. The largest absolute Gasteiger partial charge is 0.487 e. The summed E-state index contributed by atoms with van der Waals surface area (Å²) < 4.78 is 5.52. The van der Waals surface area contributed by atoms with E-state index < -0.39 is 0 Å². The summed E-state index contributed by atoms with van der Waals surface area (Å²) in [5, 5.41) is 0. The topological polar surface area (TPSA) is 26.3 Å². The highest BCUT2D eigenvalue weighted by molar-refractivity contribution is 5.97. The highest BCUT2D eigenvalue weighted by Gasteiger charge is 2.34. The Labute approximate surface area is 72.6 Å². The minimum Gasteiger partial charge on any atom is -0.487 e. The van der Waals surface area contributed by atoms with Crippen molar-refractivity contribution in [2.24, 2.45) is 5.92 Å². The summed E-state index contributed by atoms with van der Waals surface area (Å²) in [6.07, 6.45) is 3.02. The molecule has 12 heavy (non-hydrogen) atoms. The average Bonchev–Trinajstić information content (AvgIpc) is 2.28. The van der Waals surface area contributed by atoms with Crippen LogP contribution in [0.5, 0.6) is 0 Å². The predicted molar refractivity (Wildman–Crippen MR) is 45.6 cm³/mol. The van der Waals surface area contributed by atoms with Gasteiger partial charge in [-0.3, -0.25) is 4.79 Å². The second-order valence-electron chi connectivity index (χ2n) is 3.85. The zero-order chi connectivity index (χ0) is 8.72. The second-order valence-corrected chi connectivity index (χ2v) is 3.85. The summed E-state index contributed by atoms with van der Waals surface area (Å²) >= 11 is 0. The van der Waals surface area contributed by atoms with Crippen molar-refractivity contribution >= 4 is 5.78 Å². The van der Waals surface area contributed by atoms with Gasteiger partial charge in [-0.25, -0.2) is 0 Å². The molecule has 1 aliphatic heterocycles. The normalized spacial score (nSPS) is 35.0. The van der Waals surface area contributed by atoms with Crippen LogP contribution in [0.15, 0.2) is 11.3 Å². The van der Waals surface area contributed by atoms with Gasteiger partial charge in [-0.2, -0.15) is 0 Å². The van der Waals surface area contributed by atoms with Crippen LogP contribution < -0.4 is 0 Å². The maximum Gasteiger partial charge on any atom is 0.197 e. The first-order chi connectivity index (χ1) is 5.68. The molecule has 0 spiro atoms. The van der Waals surface area contributed by atoms with E-state index in [1.807, 2.05) is 6.92 Å². The average molecular weight is 166 g/mol. The minimum atomic E-state index is 0.212. The van der Waals surface area contributed by atoms with Crippen molar-refractivity contribution in [1.29, 1.82) is 0 Å². The molecule has 66 valence electrons. The van der Waals surface area contributed by atoms with Gasteiger partial charge < -0.3 is 4.74 Å². The lowest BCUT2D eigenvalue weighted by molar-refractivity contribution is -0.119. The molecule has 0 aromatic heterocycles. The molecule has 1 aliphatic carbocycles. The maximum atomic E-state index is 11.4. The van der Waals surface area contributed by atoms with Crippen molar-refractivity contribution in [3.8, 4) is 0 Å². The summed E-state index contributed by atoms with van der Waals surface area (Å²) in [4.78, 5) is 11.4. The third-order valence-electron chi connectivity index (χ3n) is 2.77. The Morgan fingerprint density at radius 1 is 1.42 bits per heavy atom. The molecule has 0 aromatic carbocycles. The van der Waals surface area contributed by atoms with Gasteiger partial charge in [-0.15, -0.1) is 0 Å². The van der Waals surface area contributed by atoms with Crippen LogP contribution in [0.3, 0.4) is 0 Å². The van der Waals surface area contributed by atoms with Crippen LogP contribution in [-0.2, 0) is 9.53 Å². The molecular weight excluding hydrogens is 152 g/mol.